The molecule has 38 heavy (non-hydrogen) atoms. The molecule has 4 rings (SSSR count). The number of carbonyl (C=O) groups is 1. The van der Waals surface area contributed by atoms with E-state index < -0.39 is 17.3 Å². The van der Waals surface area contributed by atoms with E-state index in [4.69, 9.17) is 37.4 Å². The Hall–Kier alpha value is -2.52. The molecule has 208 valence electrons. The van der Waals surface area contributed by atoms with Crippen LogP contribution in [-0.4, -0.2) is 66.8 Å². The van der Waals surface area contributed by atoms with Crippen molar-refractivity contribution in [3.8, 4) is 0 Å². The summed E-state index contributed by atoms with van der Waals surface area (Å²) < 4.78 is 33.2. The number of piperidine rings is 1. The number of amidine groups is 1. The second kappa shape index (κ2) is 10.9. The number of hydrogen-bond acceptors (Lipinski definition) is 7. The Morgan fingerprint density at radius 2 is 1.95 bits per heavy atom. The molecule has 0 aromatic heterocycles. The Bertz CT molecular complexity index is 1140. The second-order valence-corrected chi connectivity index (χ2v) is 11.8. The third kappa shape index (κ3) is 5.88. The minimum Gasteiger partial charge on any atom is -0.493 e. The number of halogens is 3. The molecule has 4 atom stereocenters. The van der Waals surface area contributed by atoms with Crippen LogP contribution in [0.1, 0.15) is 47.5 Å². The smallest absolute Gasteiger partial charge is 0.410 e. The topological polar surface area (TPSA) is 84.8 Å². The van der Waals surface area contributed by atoms with Gasteiger partial charge in [0.05, 0.1) is 34.8 Å². The molecule has 1 amide bonds. The summed E-state index contributed by atoms with van der Waals surface area (Å²) in [5.41, 5.74) is -1.72. The van der Waals surface area contributed by atoms with Crippen molar-refractivity contribution in [1.29, 1.82) is 0 Å². The SMILES string of the molecule is COC1=C(OC2CCN(C(=O)OC(C)(C)C)CC2)C(C)C2C(=C1)N=CN=C2NC1C=CC(Cl)=C(Cl)C1(C)F. The number of nitrogens with one attached hydrogen (secondary N) is 1. The van der Waals surface area contributed by atoms with E-state index in [0.29, 0.717) is 43.3 Å². The molecule has 2 heterocycles. The minimum absolute atomic E-state index is 0.0555. The van der Waals surface area contributed by atoms with Crippen molar-refractivity contribution >= 4 is 41.5 Å². The molecule has 4 aliphatic rings. The van der Waals surface area contributed by atoms with Crippen LogP contribution in [0.3, 0.4) is 0 Å². The molecule has 0 aromatic carbocycles. The van der Waals surface area contributed by atoms with E-state index in [1.165, 1.54) is 13.3 Å². The van der Waals surface area contributed by atoms with Crippen molar-refractivity contribution in [2.75, 3.05) is 20.2 Å². The molecule has 1 N–H and O–H groups in total. The first-order chi connectivity index (χ1) is 17.8. The first-order valence-corrected chi connectivity index (χ1v) is 13.5. The highest BCUT2D eigenvalue weighted by Gasteiger charge is 2.44. The van der Waals surface area contributed by atoms with E-state index in [1.54, 1.807) is 24.2 Å². The number of hydrogen-bond donors (Lipinski definition) is 1. The second-order valence-electron chi connectivity index (χ2n) is 11.0. The van der Waals surface area contributed by atoms with E-state index in [2.05, 4.69) is 15.3 Å². The summed E-state index contributed by atoms with van der Waals surface area (Å²) in [7, 11) is 1.59. The molecule has 2 aliphatic carbocycles. The molecule has 11 heteroatoms. The van der Waals surface area contributed by atoms with Gasteiger partial charge < -0.3 is 24.4 Å². The predicted octanol–water partition coefficient (Wildman–Crippen LogP) is 5.80. The van der Waals surface area contributed by atoms with E-state index >= 15 is 4.39 Å². The van der Waals surface area contributed by atoms with Gasteiger partial charge in [-0.25, -0.2) is 19.2 Å². The lowest BCUT2D eigenvalue weighted by Crippen LogP contribution is -2.52. The highest BCUT2D eigenvalue weighted by molar-refractivity contribution is 6.41. The number of aliphatic imine (C=N–C) groups is 2. The molecule has 2 aliphatic heterocycles. The molecular formula is C27H35Cl2FN4O4. The average molecular weight is 570 g/mol. The van der Waals surface area contributed by atoms with E-state index in [1.807, 2.05) is 33.8 Å². The number of amides is 1. The molecule has 1 saturated heterocycles. The lowest BCUT2D eigenvalue weighted by Gasteiger charge is -2.39. The van der Waals surface area contributed by atoms with Crippen LogP contribution < -0.4 is 5.32 Å². The maximum Gasteiger partial charge on any atom is 0.410 e. The van der Waals surface area contributed by atoms with Crippen LogP contribution in [0.25, 0.3) is 0 Å². The van der Waals surface area contributed by atoms with Crippen molar-refractivity contribution in [1.82, 2.24) is 10.2 Å². The number of ether oxygens (including phenoxy) is 3. The summed E-state index contributed by atoms with van der Waals surface area (Å²) in [6, 6.07) is -0.773. The van der Waals surface area contributed by atoms with Crippen molar-refractivity contribution in [2.45, 2.75) is 70.9 Å². The first kappa shape index (κ1) is 28.5. The number of allylic oxidation sites excluding steroid dienone is 4. The van der Waals surface area contributed by atoms with Gasteiger partial charge in [-0.15, -0.1) is 0 Å². The van der Waals surface area contributed by atoms with Gasteiger partial charge in [0.2, 0.25) is 0 Å². The Balaban J connectivity index is 1.47. The molecule has 4 unspecified atom stereocenters. The third-order valence-corrected chi connectivity index (χ3v) is 8.01. The highest BCUT2D eigenvalue weighted by Crippen LogP contribution is 2.41. The molecule has 0 aromatic rings. The third-order valence-electron chi connectivity index (χ3n) is 7.02. The van der Waals surface area contributed by atoms with Gasteiger partial charge in [0, 0.05) is 37.9 Å². The van der Waals surface area contributed by atoms with Crippen LogP contribution in [0.15, 0.2) is 55.5 Å². The quantitative estimate of drug-likeness (QED) is 0.463. The average Bonchev–Trinajstić information content (AvgIpc) is 2.85. The summed E-state index contributed by atoms with van der Waals surface area (Å²) in [5.74, 6) is 1.30. The Morgan fingerprint density at radius 3 is 2.58 bits per heavy atom. The van der Waals surface area contributed by atoms with Crippen molar-refractivity contribution in [3.05, 3.63) is 45.5 Å². The number of fused-ring (bicyclic) bond motifs is 1. The highest BCUT2D eigenvalue weighted by atomic mass is 35.5. The molecule has 0 bridgehead atoms. The van der Waals surface area contributed by atoms with Crippen LogP contribution in [0.5, 0.6) is 0 Å². The summed E-state index contributed by atoms with van der Waals surface area (Å²) in [5, 5.41) is 3.34. The van der Waals surface area contributed by atoms with Gasteiger partial charge in [0.25, 0.3) is 0 Å². The van der Waals surface area contributed by atoms with E-state index in [-0.39, 0.29) is 34.1 Å². The zero-order chi connectivity index (χ0) is 27.8. The Kier molecular flexibility index (Phi) is 8.19. The Morgan fingerprint density at radius 1 is 1.26 bits per heavy atom. The molecule has 1 fully saturated rings. The molecule has 0 radical (unpaired) electrons. The first-order valence-electron chi connectivity index (χ1n) is 12.8. The van der Waals surface area contributed by atoms with Crippen molar-refractivity contribution in [2.24, 2.45) is 21.8 Å². The molecule has 8 nitrogen and oxygen atoms in total. The number of rotatable bonds is 4. The van der Waals surface area contributed by atoms with Gasteiger partial charge in [-0.1, -0.05) is 36.2 Å². The van der Waals surface area contributed by atoms with Gasteiger partial charge in [-0.2, -0.15) is 0 Å². The fourth-order valence-electron chi connectivity index (χ4n) is 4.92. The van der Waals surface area contributed by atoms with Crippen LogP contribution in [0.2, 0.25) is 0 Å². The lowest BCUT2D eigenvalue weighted by atomic mass is 9.82. The van der Waals surface area contributed by atoms with E-state index in [0.717, 1.165) is 5.70 Å². The number of likely N-dealkylation sites (tertiary alicyclic amines) is 1. The van der Waals surface area contributed by atoms with Gasteiger partial charge in [-0.3, -0.25) is 0 Å². The largest absolute Gasteiger partial charge is 0.493 e. The normalized spacial score (nSPS) is 30.0. The summed E-state index contributed by atoms with van der Waals surface area (Å²) in [4.78, 5) is 23.1. The number of methoxy groups -OCH3 is 1. The predicted molar refractivity (Wildman–Crippen MR) is 147 cm³/mol. The zero-order valence-electron chi connectivity index (χ0n) is 22.6. The maximum absolute atomic E-state index is 15.6. The van der Waals surface area contributed by atoms with E-state index in [9.17, 15) is 4.79 Å². The van der Waals surface area contributed by atoms with Gasteiger partial charge in [0.1, 0.15) is 29.6 Å². The van der Waals surface area contributed by atoms with Crippen LogP contribution >= 0.6 is 23.2 Å². The Labute approximate surface area is 233 Å². The summed E-state index contributed by atoms with van der Waals surface area (Å²) in [6.45, 7) is 10.0. The minimum atomic E-state index is -1.92. The zero-order valence-corrected chi connectivity index (χ0v) is 24.1. The number of carbonyl (C=O) groups excluding carboxylic acids is 1. The van der Waals surface area contributed by atoms with Gasteiger partial charge >= 0.3 is 6.09 Å². The van der Waals surface area contributed by atoms with Gasteiger partial charge in [-0.05, 0) is 33.8 Å². The fraction of sp³-hybridized carbons (Fsp3) is 0.593. The molecule has 0 saturated carbocycles. The fourth-order valence-corrected chi connectivity index (χ4v) is 5.36. The standard InChI is InChI=1S/C27H35Cl2FN4O4/c1-15-21-18(31-14-32-24(21)33-20-8-7-17(28)23(29)27(20,5)30)13-19(36-6)22(15)37-16-9-11-34(12-10-16)25(35)38-26(2,3)4/h7-8,13-16,20-21H,9-12H2,1-6H3,(H,31,32,33). The summed E-state index contributed by atoms with van der Waals surface area (Å²) >= 11 is 12.3. The van der Waals surface area contributed by atoms with Crippen molar-refractivity contribution in [3.63, 3.8) is 0 Å². The maximum atomic E-state index is 15.6. The summed E-state index contributed by atoms with van der Waals surface area (Å²) in [6.07, 6.45) is 7.40. The lowest BCUT2D eigenvalue weighted by molar-refractivity contribution is -0.00214. The monoisotopic (exact) mass is 568 g/mol. The van der Waals surface area contributed by atoms with Crippen LogP contribution in [0.4, 0.5) is 9.18 Å². The number of alkyl halides is 1. The molecular weight excluding hydrogens is 534 g/mol. The van der Waals surface area contributed by atoms with Crippen LogP contribution in [0, 0.1) is 11.8 Å². The van der Waals surface area contributed by atoms with Gasteiger partial charge in [0.15, 0.2) is 11.4 Å². The number of nitrogens with zero attached hydrogens (tertiary/aromatic N) is 3. The van der Waals surface area contributed by atoms with Crippen molar-refractivity contribution < 1.29 is 23.4 Å². The molecule has 0 spiro atoms. The van der Waals surface area contributed by atoms with Crippen LogP contribution in [-0.2, 0) is 14.2 Å².